The summed E-state index contributed by atoms with van der Waals surface area (Å²) in [5, 5.41) is 11.3. The Labute approximate surface area is 94.9 Å². The average Bonchev–Trinajstić information content (AvgIpc) is 2.08. The van der Waals surface area contributed by atoms with Crippen molar-refractivity contribution < 1.29 is 24.2 Å². The standard InChI is InChI=1S/C10H19NO5/c1-7(13)15-6-8(5-12)11-9(14)16-10(2,3)4/h8,12H,5-6H2,1-4H3,(H,11,14)/t8-/m0/s1. The summed E-state index contributed by atoms with van der Waals surface area (Å²) in [6.45, 7) is 6.03. The van der Waals surface area contributed by atoms with Crippen LogP contribution >= 0.6 is 0 Å². The SMILES string of the molecule is CC(=O)OC[C@H](CO)NC(=O)OC(C)(C)C. The summed E-state index contributed by atoms with van der Waals surface area (Å²) in [7, 11) is 0. The number of rotatable bonds is 4. The van der Waals surface area contributed by atoms with Gasteiger partial charge in [-0.1, -0.05) is 0 Å². The molecule has 94 valence electrons. The maximum absolute atomic E-state index is 11.3. The number of hydrogen-bond acceptors (Lipinski definition) is 5. The lowest BCUT2D eigenvalue weighted by molar-refractivity contribution is -0.142. The van der Waals surface area contributed by atoms with Crippen molar-refractivity contribution in [3.63, 3.8) is 0 Å². The molecule has 6 heteroatoms. The summed E-state index contributed by atoms with van der Waals surface area (Å²) in [5.41, 5.74) is -0.606. The lowest BCUT2D eigenvalue weighted by Crippen LogP contribution is -2.43. The van der Waals surface area contributed by atoms with Gasteiger partial charge in [-0.25, -0.2) is 4.79 Å². The van der Waals surface area contributed by atoms with Crippen LogP contribution < -0.4 is 5.32 Å². The predicted octanol–water partition coefficient (Wildman–Crippen LogP) is 0.435. The van der Waals surface area contributed by atoms with E-state index in [1.54, 1.807) is 20.8 Å². The van der Waals surface area contributed by atoms with Crippen LogP contribution in [0.3, 0.4) is 0 Å². The Morgan fingerprint density at radius 3 is 2.31 bits per heavy atom. The minimum atomic E-state index is -0.654. The van der Waals surface area contributed by atoms with E-state index in [1.807, 2.05) is 0 Å². The third-order valence-corrected chi connectivity index (χ3v) is 1.43. The minimum Gasteiger partial charge on any atom is -0.464 e. The van der Waals surface area contributed by atoms with Crippen LogP contribution in [0.25, 0.3) is 0 Å². The molecule has 2 N–H and O–H groups in total. The molecule has 0 spiro atoms. The highest BCUT2D eigenvalue weighted by atomic mass is 16.6. The molecule has 0 aromatic heterocycles. The van der Waals surface area contributed by atoms with Crippen LogP contribution in [0.2, 0.25) is 0 Å². The first-order valence-electron chi connectivity index (χ1n) is 4.98. The Morgan fingerprint density at radius 1 is 1.38 bits per heavy atom. The van der Waals surface area contributed by atoms with Gasteiger partial charge < -0.3 is 19.9 Å². The summed E-state index contributed by atoms with van der Waals surface area (Å²) in [4.78, 5) is 21.8. The Morgan fingerprint density at radius 2 is 1.94 bits per heavy atom. The molecule has 0 aromatic rings. The fraction of sp³-hybridized carbons (Fsp3) is 0.800. The topological polar surface area (TPSA) is 84.9 Å². The van der Waals surface area contributed by atoms with E-state index in [1.165, 1.54) is 6.92 Å². The first kappa shape index (κ1) is 14.7. The second-order valence-corrected chi connectivity index (χ2v) is 4.33. The van der Waals surface area contributed by atoms with E-state index < -0.39 is 23.7 Å². The third-order valence-electron chi connectivity index (χ3n) is 1.43. The van der Waals surface area contributed by atoms with Crippen molar-refractivity contribution in [3.05, 3.63) is 0 Å². The lowest BCUT2D eigenvalue weighted by atomic mass is 10.2. The van der Waals surface area contributed by atoms with Gasteiger partial charge in [-0.3, -0.25) is 4.79 Å². The number of aliphatic hydroxyl groups is 1. The summed E-state index contributed by atoms with van der Waals surface area (Å²) in [6.07, 6.45) is -0.654. The summed E-state index contributed by atoms with van der Waals surface area (Å²) >= 11 is 0. The molecular formula is C10H19NO5. The maximum Gasteiger partial charge on any atom is 0.408 e. The van der Waals surface area contributed by atoms with Gasteiger partial charge in [0, 0.05) is 6.92 Å². The largest absolute Gasteiger partial charge is 0.464 e. The number of amides is 1. The summed E-state index contributed by atoms with van der Waals surface area (Å²) in [5.74, 6) is -0.468. The highest BCUT2D eigenvalue weighted by Crippen LogP contribution is 2.06. The van der Waals surface area contributed by atoms with Gasteiger partial charge in [0.1, 0.15) is 12.2 Å². The highest BCUT2D eigenvalue weighted by Gasteiger charge is 2.19. The number of nitrogens with one attached hydrogen (secondary N) is 1. The Balaban J connectivity index is 4.02. The monoisotopic (exact) mass is 233 g/mol. The Kier molecular flexibility index (Phi) is 5.81. The van der Waals surface area contributed by atoms with Crippen LogP contribution in [0, 0.1) is 0 Å². The normalized spacial score (nSPS) is 12.8. The molecule has 6 nitrogen and oxygen atoms in total. The molecule has 0 saturated heterocycles. The number of carbonyl (C=O) groups excluding carboxylic acids is 2. The molecule has 0 aliphatic rings. The van der Waals surface area contributed by atoms with Crippen LogP contribution in [-0.2, 0) is 14.3 Å². The molecule has 0 radical (unpaired) electrons. The Hall–Kier alpha value is -1.30. The van der Waals surface area contributed by atoms with E-state index in [-0.39, 0.29) is 13.2 Å². The molecule has 1 atom stereocenters. The van der Waals surface area contributed by atoms with Crippen LogP contribution in [0.1, 0.15) is 27.7 Å². The average molecular weight is 233 g/mol. The van der Waals surface area contributed by atoms with Gasteiger partial charge >= 0.3 is 12.1 Å². The molecule has 0 aliphatic heterocycles. The highest BCUT2D eigenvalue weighted by molar-refractivity contribution is 5.68. The zero-order chi connectivity index (χ0) is 12.8. The van der Waals surface area contributed by atoms with Crippen LogP contribution in [0.4, 0.5) is 4.79 Å². The van der Waals surface area contributed by atoms with E-state index >= 15 is 0 Å². The smallest absolute Gasteiger partial charge is 0.408 e. The van der Waals surface area contributed by atoms with Gasteiger partial charge in [0.05, 0.1) is 12.6 Å². The zero-order valence-corrected chi connectivity index (χ0v) is 10.1. The van der Waals surface area contributed by atoms with Gasteiger partial charge in [0.25, 0.3) is 0 Å². The van der Waals surface area contributed by atoms with Gasteiger partial charge in [-0.05, 0) is 20.8 Å². The number of hydrogen-bond donors (Lipinski definition) is 2. The molecule has 0 rings (SSSR count). The van der Waals surface area contributed by atoms with Crippen molar-refractivity contribution in [2.75, 3.05) is 13.2 Å². The zero-order valence-electron chi connectivity index (χ0n) is 10.1. The van der Waals surface area contributed by atoms with Gasteiger partial charge in [0.15, 0.2) is 0 Å². The van der Waals surface area contributed by atoms with E-state index in [0.29, 0.717) is 0 Å². The molecule has 0 heterocycles. The summed E-state index contributed by atoms with van der Waals surface area (Å²) in [6, 6.07) is -0.654. The minimum absolute atomic E-state index is 0.0783. The first-order valence-corrected chi connectivity index (χ1v) is 4.98. The van der Waals surface area contributed by atoms with Gasteiger partial charge in [0.2, 0.25) is 0 Å². The third kappa shape index (κ3) is 8.05. The molecule has 0 fully saturated rings. The maximum atomic E-state index is 11.3. The van der Waals surface area contributed by atoms with E-state index in [4.69, 9.17) is 9.84 Å². The van der Waals surface area contributed by atoms with E-state index in [9.17, 15) is 9.59 Å². The molecule has 0 saturated carbocycles. The molecular weight excluding hydrogens is 214 g/mol. The fourth-order valence-corrected chi connectivity index (χ4v) is 0.832. The predicted molar refractivity (Wildman–Crippen MR) is 56.9 cm³/mol. The second kappa shape index (κ2) is 6.32. The Bertz CT molecular complexity index is 246. The molecule has 0 aliphatic carbocycles. The van der Waals surface area contributed by atoms with Crippen molar-refractivity contribution in [1.82, 2.24) is 5.32 Å². The van der Waals surface area contributed by atoms with Crippen LogP contribution in [-0.4, -0.2) is 42.0 Å². The summed E-state index contributed by atoms with van der Waals surface area (Å²) < 4.78 is 9.63. The van der Waals surface area contributed by atoms with Crippen molar-refractivity contribution >= 4 is 12.1 Å². The molecule has 0 unspecified atom stereocenters. The quantitative estimate of drug-likeness (QED) is 0.688. The molecule has 0 bridgehead atoms. The number of aliphatic hydroxyl groups excluding tert-OH is 1. The number of carbonyl (C=O) groups is 2. The van der Waals surface area contributed by atoms with Crippen LogP contribution in [0.15, 0.2) is 0 Å². The van der Waals surface area contributed by atoms with Crippen molar-refractivity contribution in [2.45, 2.75) is 39.3 Å². The number of ether oxygens (including phenoxy) is 2. The lowest BCUT2D eigenvalue weighted by Gasteiger charge is -2.22. The first-order chi connectivity index (χ1) is 7.24. The number of alkyl carbamates (subject to hydrolysis) is 1. The van der Waals surface area contributed by atoms with Crippen molar-refractivity contribution in [3.8, 4) is 0 Å². The van der Waals surface area contributed by atoms with E-state index in [0.717, 1.165) is 0 Å². The van der Waals surface area contributed by atoms with Gasteiger partial charge in [-0.15, -0.1) is 0 Å². The van der Waals surface area contributed by atoms with Crippen LogP contribution in [0.5, 0.6) is 0 Å². The van der Waals surface area contributed by atoms with Crippen molar-refractivity contribution in [1.29, 1.82) is 0 Å². The van der Waals surface area contributed by atoms with Crippen molar-refractivity contribution in [2.24, 2.45) is 0 Å². The second-order valence-electron chi connectivity index (χ2n) is 4.33. The molecule has 0 aromatic carbocycles. The molecule has 1 amide bonds. The van der Waals surface area contributed by atoms with Gasteiger partial charge in [-0.2, -0.15) is 0 Å². The van der Waals surface area contributed by atoms with E-state index in [2.05, 4.69) is 10.1 Å². The number of esters is 1. The molecule has 16 heavy (non-hydrogen) atoms. The fourth-order valence-electron chi connectivity index (χ4n) is 0.832.